The zero-order valence-electron chi connectivity index (χ0n) is 27.1. The van der Waals surface area contributed by atoms with Gasteiger partial charge < -0.3 is 71.5 Å². The third-order valence-corrected chi connectivity index (χ3v) is 7.11. The summed E-state index contributed by atoms with van der Waals surface area (Å²) in [5.41, 5.74) is 11.1. The number of aliphatic hydroxyl groups is 4. The lowest BCUT2D eigenvalue weighted by molar-refractivity contribution is -0.269. The standard InChI is InChI=1S/C29H53N5O12/c1-5-19(36)27(42-12-11-35)45-25-18(34-21(38)9-10-32-28(41)46-29(2,3)4)13-17(31)24(23(25)39)44-22-8-6-7-16(43-22)15-33-26(40)20(37)14-30/h7,17-20,22-25,27,35-37,39H,5-6,8-15,30-31H2,1-4H3,(H,32,41)(H,33,40)(H,34,38)/t17-,18+,19+,20?,22+,23-,24+,25-,27+/m0/s1. The molecule has 0 bridgehead atoms. The first-order chi connectivity index (χ1) is 21.7. The molecule has 46 heavy (non-hydrogen) atoms. The fourth-order valence-electron chi connectivity index (χ4n) is 4.81. The second kappa shape index (κ2) is 19.3. The van der Waals surface area contributed by atoms with Gasteiger partial charge >= 0.3 is 6.09 Å². The number of carbonyl (C=O) groups excluding carboxylic acids is 3. The Hall–Kier alpha value is -2.61. The molecule has 1 unspecified atom stereocenters. The molecule has 2 aliphatic rings. The van der Waals surface area contributed by atoms with E-state index in [2.05, 4.69) is 16.0 Å². The molecule has 0 aromatic carbocycles. The van der Waals surface area contributed by atoms with E-state index in [1.54, 1.807) is 33.8 Å². The quantitative estimate of drug-likeness (QED) is 0.0749. The third kappa shape index (κ3) is 13.2. The van der Waals surface area contributed by atoms with Crippen LogP contribution in [-0.2, 0) is 33.3 Å². The molecule has 2 rings (SSSR count). The largest absolute Gasteiger partial charge is 0.468 e. The maximum atomic E-state index is 12.9. The number of aliphatic hydroxyl groups excluding tert-OH is 4. The summed E-state index contributed by atoms with van der Waals surface area (Å²) in [6.45, 7) is 6.08. The van der Waals surface area contributed by atoms with E-state index >= 15 is 0 Å². The molecule has 0 radical (unpaired) electrons. The van der Waals surface area contributed by atoms with Gasteiger partial charge in [0.25, 0.3) is 5.91 Å². The van der Waals surface area contributed by atoms with Crippen molar-refractivity contribution in [3.8, 4) is 0 Å². The number of hydrogen-bond acceptors (Lipinski definition) is 14. The molecular formula is C29H53N5O12. The third-order valence-electron chi connectivity index (χ3n) is 7.11. The van der Waals surface area contributed by atoms with Crippen LogP contribution >= 0.6 is 0 Å². The first-order valence-electron chi connectivity index (χ1n) is 15.6. The van der Waals surface area contributed by atoms with Gasteiger partial charge in [0.1, 0.15) is 41.9 Å². The number of nitrogens with one attached hydrogen (secondary N) is 3. The first kappa shape index (κ1) is 39.6. The molecule has 0 aromatic rings. The van der Waals surface area contributed by atoms with E-state index in [0.717, 1.165) is 0 Å². The van der Waals surface area contributed by atoms with Crippen molar-refractivity contribution in [2.24, 2.45) is 11.5 Å². The number of amides is 3. The maximum absolute atomic E-state index is 12.9. The van der Waals surface area contributed by atoms with E-state index in [4.69, 9.17) is 35.2 Å². The summed E-state index contributed by atoms with van der Waals surface area (Å²) >= 11 is 0. The van der Waals surface area contributed by atoms with Gasteiger partial charge in [0.2, 0.25) is 5.91 Å². The van der Waals surface area contributed by atoms with Gasteiger partial charge in [-0.05, 0) is 46.1 Å². The van der Waals surface area contributed by atoms with E-state index < -0.39 is 78.7 Å². The van der Waals surface area contributed by atoms with E-state index in [9.17, 15) is 34.8 Å². The average Bonchev–Trinajstić information content (AvgIpc) is 2.99. The van der Waals surface area contributed by atoms with E-state index in [1.807, 2.05) is 0 Å². The van der Waals surface area contributed by atoms with Crippen LogP contribution in [0.4, 0.5) is 4.79 Å². The SMILES string of the molecule is CC[C@@H](O)[C@H](OCCO)O[C@@H]1[C@@H](O)[C@H](O[C@@H]2CCC=C(CNC(=O)C(O)CN)O2)[C@@H](N)C[C@H]1NC(=O)CCNC(=O)OC(C)(C)C. The Kier molecular flexibility index (Phi) is 16.6. The second-order valence-corrected chi connectivity index (χ2v) is 12.1. The van der Waals surface area contributed by atoms with E-state index in [0.29, 0.717) is 18.6 Å². The van der Waals surface area contributed by atoms with E-state index in [1.165, 1.54) is 0 Å². The molecule has 17 nitrogen and oxygen atoms in total. The van der Waals surface area contributed by atoms with Crippen LogP contribution in [-0.4, -0.2) is 132 Å². The summed E-state index contributed by atoms with van der Waals surface area (Å²) in [6.07, 6.45) is -5.99. The van der Waals surface area contributed by atoms with Crippen LogP contribution in [0.25, 0.3) is 0 Å². The normalized spacial score (nSPS) is 27.0. The van der Waals surface area contributed by atoms with Gasteiger partial charge in [-0.2, -0.15) is 0 Å². The zero-order chi connectivity index (χ0) is 34.4. The van der Waals surface area contributed by atoms with E-state index in [-0.39, 0.29) is 52.1 Å². The van der Waals surface area contributed by atoms with Crippen molar-refractivity contribution in [3.05, 3.63) is 11.8 Å². The van der Waals surface area contributed by atoms with Crippen LogP contribution in [0.1, 0.15) is 59.8 Å². The number of allylic oxidation sites excluding steroid dienone is 1. The molecule has 0 aromatic heterocycles. The van der Waals surface area contributed by atoms with Crippen molar-refractivity contribution in [2.75, 3.05) is 32.8 Å². The average molecular weight is 664 g/mol. The Morgan fingerprint density at radius 2 is 1.89 bits per heavy atom. The van der Waals surface area contributed by atoms with Crippen molar-refractivity contribution < 1.29 is 58.5 Å². The lowest BCUT2D eigenvalue weighted by Gasteiger charge is -2.45. The van der Waals surface area contributed by atoms with Crippen LogP contribution in [0.2, 0.25) is 0 Å². The minimum absolute atomic E-state index is 0.0172. The first-order valence-corrected chi connectivity index (χ1v) is 15.6. The lowest BCUT2D eigenvalue weighted by atomic mass is 9.83. The van der Waals surface area contributed by atoms with Crippen LogP contribution in [0.5, 0.6) is 0 Å². The van der Waals surface area contributed by atoms with Gasteiger partial charge in [-0.1, -0.05) is 6.92 Å². The molecule has 17 heteroatoms. The summed E-state index contributed by atoms with van der Waals surface area (Å²) in [5, 5.41) is 48.7. The van der Waals surface area contributed by atoms with Crippen LogP contribution < -0.4 is 27.4 Å². The topological polar surface area (TPSA) is 266 Å². The number of ether oxygens (including phenoxy) is 5. The molecule has 0 spiro atoms. The van der Waals surface area contributed by atoms with Crippen LogP contribution in [0.3, 0.4) is 0 Å². The van der Waals surface area contributed by atoms with Gasteiger partial charge in [0.05, 0.1) is 25.8 Å². The predicted molar refractivity (Wildman–Crippen MR) is 163 cm³/mol. The number of hydrogen-bond donors (Lipinski definition) is 9. The number of rotatable bonds is 17. The zero-order valence-corrected chi connectivity index (χ0v) is 27.1. The fraction of sp³-hybridized carbons (Fsp3) is 0.828. The minimum atomic E-state index is -1.43. The number of carbonyl (C=O) groups is 3. The van der Waals surface area contributed by atoms with Gasteiger partial charge in [-0.25, -0.2) is 4.79 Å². The highest BCUT2D eigenvalue weighted by Gasteiger charge is 2.47. The molecule has 0 saturated heterocycles. The van der Waals surface area contributed by atoms with Crippen LogP contribution in [0.15, 0.2) is 11.8 Å². The van der Waals surface area contributed by atoms with Crippen molar-refractivity contribution >= 4 is 17.9 Å². The number of alkyl carbamates (subject to hydrolysis) is 1. The summed E-state index contributed by atoms with van der Waals surface area (Å²) in [4.78, 5) is 36.7. The van der Waals surface area contributed by atoms with Gasteiger partial charge in [0.15, 0.2) is 12.6 Å². The van der Waals surface area contributed by atoms with Crippen molar-refractivity contribution in [2.45, 2.75) is 121 Å². The van der Waals surface area contributed by atoms with Crippen molar-refractivity contribution in [1.29, 1.82) is 0 Å². The predicted octanol–water partition coefficient (Wildman–Crippen LogP) is -2.19. The summed E-state index contributed by atoms with van der Waals surface area (Å²) in [5.74, 6) is -0.737. The van der Waals surface area contributed by atoms with Gasteiger partial charge in [-0.15, -0.1) is 0 Å². The Morgan fingerprint density at radius 1 is 1.17 bits per heavy atom. The molecule has 1 fully saturated rings. The molecular weight excluding hydrogens is 610 g/mol. The van der Waals surface area contributed by atoms with Crippen molar-refractivity contribution in [3.63, 3.8) is 0 Å². The maximum Gasteiger partial charge on any atom is 0.407 e. The second-order valence-electron chi connectivity index (χ2n) is 12.1. The Bertz CT molecular complexity index is 996. The molecule has 11 N–H and O–H groups in total. The highest BCUT2D eigenvalue weighted by atomic mass is 16.7. The number of nitrogens with two attached hydrogens (primary N) is 2. The molecule has 1 aliphatic heterocycles. The Morgan fingerprint density at radius 3 is 2.52 bits per heavy atom. The molecule has 1 saturated carbocycles. The van der Waals surface area contributed by atoms with Crippen LogP contribution in [0, 0.1) is 0 Å². The lowest BCUT2D eigenvalue weighted by Crippen LogP contribution is -2.66. The molecule has 1 aliphatic carbocycles. The highest BCUT2D eigenvalue weighted by molar-refractivity contribution is 5.80. The smallest absolute Gasteiger partial charge is 0.407 e. The fourth-order valence-corrected chi connectivity index (χ4v) is 4.81. The molecule has 1 heterocycles. The van der Waals surface area contributed by atoms with Gasteiger partial charge in [-0.3, -0.25) is 9.59 Å². The molecule has 3 amide bonds. The monoisotopic (exact) mass is 663 g/mol. The van der Waals surface area contributed by atoms with Gasteiger partial charge in [0, 0.05) is 32.0 Å². The summed E-state index contributed by atoms with van der Waals surface area (Å²) < 4.78 is 28.7. The summed E-state index contributed by atoms with van der Waals surface area (Å²) in [7, 11) is 0. The molecule has 266 valence electrons. The summed E-state index contributed by atoms with van der Waals surface area (Å²) in [6, 6.07) is -1.65. The Labute approximate surface area is 269 Å². The highest BCUT2D eigenvalue weighted by Crippen LogP contribution is 2.30. The Balaban J connectivity index is 2.13. The van der Waals surface area contributed by atoms with Crippen molar-refractivity contribution in [1.82, 2.24) is 16.0 Å². The molecule has 9 atom stereocenters. The minimum Gasteiger partial charge on any atom is -0.468 e.